The van der Waals surface area contributed by atoms with Crippen LogP contribution in [0.4, 0.5) is 19.0 Å². The number of hydrogen-bond acceptors (Lipinski definition) is 6. The Balaban J connectivity index is 1.49. The van der Waals surface area contributed by atoms with Crippen LogP contribution >= 0.6 is 0 Å². The van der Waals surface area contributed by atoms with Crippen LogP contribution < -0.4 is 4.90 Å². The second kappa shape index (κ2) is 5.97. The Morgan fingerprint density at radius 3 is 2.60 bits per heavy atom. The van der Waals surface area contributed by atoms with Crippen molar-refractivity contribution in [2.45, 2.75) is 25.6 Å². The number of piperidine rings is 1. The maximum absolute atomic E-state index is 13.0. The summed E-state index contributed by atoms with van der Waals surface area (Å²) in [6.07, 6.45) is 0.704. The molecule has 0 aromatic carbocycles. The summed E-state index contributed by atoms with van der Waals surface area (Å²) in [5.74, 6) is -0.148. The lowest BCUT2D eigenvalue weighted by Gasteiger charge is -2.32. The zero-order chi connectivity index (χ0) is 17.4. The van der Waals surface area contributed by atoms with Gasteiger partial charge in [0.1, 0.15) is 5.82 Å². The monoisotopic (exact) mass is 352 g/mol. The molecule has 0 atom stereocenters. The molecule has 0 bridgehead atoms. The first kappa shape index (κ1) is 15.8. The number of anilines is 1. The average molecular weight is 352 g/mol. The van der Waals surface area contributed by atoms with Crippen LogP contribution in [0.3, 0.4) is 0 Å². The molecule has 8 nitrogen and oxygen atoms in total. The SMILES string of the molecule is FC(F)(F)c1nnc2ccc(N3CCC(Cn4ccnn4)CC3)nn12. The predicted molar refractivity (Wildman–Crippen MR) is 80.7 cm³/mol. The number of rotatable bonds is 3. The highest BCUT2D eigenvalue weighted by atomic mass is 19.4. The molecule has 3 aromatic rings. The van der Waals surface area contributed by atoms with Gasteiger partial charge in [0.15, 0.2) is 5.65 Å². The lowest BCUT2D eigenvalue weighted by atomic mass is 9.97. The molecule has 0 radical (unpaired) electrons. The van der Waals surface area contributed by atoms with Crippen LogP contribution in [0.1, 0.15) is 18.7 Å². The highest BCUT2D eigenvalue weighted by Gasteiger charge is 2.37. The molecule has 132 valence electrons. The minimum atomic E-state index is -4.59. The lowest BCUT2D eigenvalue weighted by molar-refractivity contribution is -0.146. The molecular formula is C14H15F3N8. The summed E-state index contributed by atoms with van der Waals surface area (Å²) in [5, 5.41) is 18.6. The normalized spacial score (nSPS) is 16.7. The Kier molecular flexibility index (Phi) is 3.77. The number of aromatic nitrogens is 7. The van der Waals surface area contributed by atoms with Crippen LogP contribution in [0, 0.1) is 5.92 Å². The third-order valence-electron chi connectivity index (χ3n) is 4.36. The van der Waals surface area contributed by atoms with E-state index in [1.165, 1.54) is 6.07 Å². The first-order valence-electron chi connectivity index (χ1n) is 7.89. The van der Waals surface area contributed by atoms with Crippen molar-refractivity contribution in [1.29, 1.82) is 0 Å². The zero-order valence-electron chi connectivity index (χ0n) is 13.1. The Bertz CT molecular complexity index is 849. The van der Waals surface area contributed by atoms with Crippen LogP contribution in [0.25, 0.3) is 5.65 Å². The van der Waals surface area contributed by atoms with Gasteiger partial charge in [0, 0.05) is 25.8 Å². The van der Waals surface area contributed by atoms with E-state index in [0.29, 0.717) is 11.7 Å². The molecular weight excluding hydrogens is 337 g/mol. The smallest absolute Gasteiger partial charge is 0.355 e. The molecule has 25 heavy (non-hydrogen) atoms. The van der Waals surface area contributed by atoms with E-state index < -0.39 is 12.0 Å². The van der Waals surface area contributed by atoms with Crippen molar-refractivity contribution in [2.75, 3.05) is 18.0 Å². The summed E-state index contributed by atoms with van der Waals surface area (Å²) in [5.41, 5.74) is 0.0807. The van der Waals surface area contributed by atoms with E-state index in [1.54, 1.807) is 16.9 Å². The van der Waals surface area contributed by atoms with E-state index >= 15 is 0 Å². The van der Waals surface area contributed by atoms with Gasteiger partial charge in [0.25, 0.3) is 5.82 Å². The van der Waals surface area contributed by atoms with Crippen molar-refractivity contribution in [3.05, 3.63) is 30.4 Å². The summed E-state index contributed by atoms with van der Waals surface area (Å²) in [6, 6.07) is 3.19. The number of nitrogens with zero attached hydrogens (tertiary/aromatic N) is 8. The first-order valence-corrected chi connectivity index (χ1v) is 7.89. The largest absolute Gasteiger partial charge is 0.453 e. The van der Waals surface area contributed by atoms with Crippen molar-refractivity contribution < 1.29 is 13.2 Å². The Labute approximate surface area is 140 Å². The van der Waals surface area contributed by atoms with Gasteiger partial charge in [-0.15, -0.1) is 20.4 Å². The van der Waals surface area contributed by atoms with E-state index in [-0.39, 0.29) is 5.65 Å². The molecule has 11 heteroatoms. The molecule has 4 heterocycles. The fraction of sp³-hybridized carbons (Fsp3) is 0.500. The standard InChI is InChI=1S/C14H15F3N8/c15-14(16,17)13-20-19-11-1-2-12(21-25(11)13)23-6-3-10(4-7-23)9-24-8-5-18-22-24/h1-2,5,8,10H,3-4,6-7,9H2. The summed E-state index contributed by atoms with van der Waals surface area (Å²) in [4.78, 5) is 1.98. The van der Waals surface area contributed by atoms with Crippen LogP contribution in [0.15, 0.2) is 24.5 Å². The van der Waals surface area contributed by atoms with Gasteiger partial charge in [0.05, 0.1) is 6.20 Å². The second-order valence-electron chi connectivity index (χ2n) is 6.04. The molecule has 0 saturated carbocycles. The van der Waals surface area contributed by atoms with Crippen LogP contribution in [-0.2, 0) is 12.7 Å². The third kappa shape index (κ3) is 3.13. The van der Waals surface area contributed by atoms with Gasteiger partial charge in [0.2, 0.25) is 0 Å². The molecule has 0 aliphatic carbocycles. The van der Waals surface area contributed by atoms with Crippen molar-refractivity contribution >= 4 is 11.5 Å². The van der Waals surface area contributed by atoms with Gasteiger partial charge in [-0.1, -0.05) is 5.21 Å². The van der Waals surface area contributed by atoms with Crippen molar-refractivity contribution in [2.24, 2.45) is 5.92 Å². The van der Waals surface area contributed by atoms with Crippen molar-refractivity contribution in [3.8, 4) is 0 Å². The minimum Gasteiger partial charge on any atom is -0.355 e. The summed E-state index contributed by atoms with van der Waals surface area (Å²) in [6.45, 7) is 2.24. The lowest BCUT2D eigenvalue weighted by Crippen LogP contribution is -2.36. The number of hydrogen-bond donors (Lipinski definition) is 0. The van der Waals surface area contributed by atoms with Gasteiger partial charge in [-0.3, -0.25) is 4.68 Å². The van der Waals surface area contributed by atoms with E-state index in [0.717, 1.165) is 37.0 Å². The fourth-order valence-electron chi connectivity index (χ4n) is 3.06. The minimum absolute atomic E-state index is 0.0807. The Morgan fingerprint density at radius 1 is 1.12 bits per heavy atom. The molecule has 1 aliphatic rings. The van der Waals surface area contributed by atoms with E-state index in [2.05, 4.69) is 25.6 Å². The van der Waals surface area contributed by atoms with Gasteiger partial charge >= 0.3 is 6.18 Å². The summed E-state index contributed by atoms with van der Waals surface area (Å²) < 4.78 is 41.5. The van der Waals surface area contributed by atoms with Gasteiger partial charge in [-0.25, -0.2) is 0 Å². The molecule has 4 rings (SSSR count). The van der Waals surface area contributed by atoms with Gasteiger partial charge in [-0.2, -0.15) is 17.7 Å². The Morgan fingerprint density at radius 2 is 1.92 bits per heavy atom. The molecule has 0 unspecified atom stereocenters. The highest BCUT2D eigenvalue weighted by molar-refractivity contribution is 5.46. The van der Waals surface area contributed by atoms with E-state index in [9.17, 15) is 13.2 Å². The topological polar surface area (TPSA) is 77.0 Å². The Hall–Kier alpha value is -2.72. The van der Waals surface area contributed by atoms with Gasteiger partial charge < -0.3 is 4.90 Å². The molecule has 1 saturated heterocycles. The van der Waals surface area contributed by atoms with Crippen molar-refractivity contribution in [3.63, 3.8) is 0 Å². The summed E-state index contributed by atoms with van der Waals surface area (Å²) >= 11 is 0. The van der Waals surface area contributed by atoms with E-state index in [4.69, 9.17) is 0 Å². The van der Waals surface area contributed by atoms with Crippen molar-refractivity contribution in [1.82, 2.24) is 34.8 Å². The number of fused-ring (bicyclic) bond motifs is 1. The molecule has 0 amide bonds. The van der Waals surface area contributed by atoms with Gasteiger partial charge in [-0.05, 0) is 30.9 Å². The molecule has 0 N–H and O–H groups in total. The van der Waals surface area contributed by atoms with Crippen LogP contribution in [0.2, 0.25) is 0 Å². The fourth-order valence-corrected chi connectivity index (χ4v) is 3.06. The third-order valence-corrected chi connectivity index (χ3v) is 4.36. The number of halogens is 3. The maximum atomic E-state index is 13.0. The maximum Gasteiger partial charge on any atom is 0.453 e. The average Bonchev–Trinajstić information content (AvgIpc) is 3.23. The predicted octanol–water partition coefficient (Wildman–Crippen LogP) is 1.65. The quantitative estimate of drug-likeness (QED) is 0.713. The molecule has 3 aromatic heterocycles. The highest BCUT2D eigenvalue weighted by Crippen LogP contribution is 2.28. The number of alkyl halides is 3. The summed E-state index contributed by atoms with van der Waals surface area (Å²) in [7, 11) is 0. The van der Waals surface area contributed by atoms with Crippen LogP contribution in [-0.4, -0.2) is 47.9 Å². The first-order chi connectivity index (χ1) is 12.0. The molecule has 1 aliphatic heterocycles. The molecule has 0 spiro atoms. The van der Waals surface area contributed by atoms with Crippen LogP contribution in [0.5, 0.6) is 0 Å². The second-order valence-corrected chi connectivity index (χ2v) is 6.04. The zero-order valence-corrected chi connectivity index (χ0v) is 13.1. The molecule has 1 fully saturated rings. The van der Waals surface area contributed by atoms with E-state index in [1.807, 2.05) is 11.1 Å².